The van der Waals surface area contributed by atoms with Gasteiger partial charge in [0, 0.05) is 17.3 Å². The molecule has 1 aromatic carbocycles. The van der Waals surface area contributed by atoms with Crippen LogP contribution < -0.4 is 11.1 Å². The Balaban J connectivity index is 2.54. The third-order valence-electron chi connectivity index (χ3n) is 2.96. The van der Waals surface area contributed by atoms with Gasteiger partial charge in [-0.2, -0.15) is 0 Å². The molecule has 1 aromatic heterocycles. The number of hydrogen-bond acceptors (Lipinski definition) is 4. The van der Waals surface area contributed by atoms with Crippen molar-refractivity contribution in [1.29, 1.82) is 0 Å². The summed E-state index contributed by atoms with van der Waals surface area (Å²) in [4.78, 5) is 4.13. The minimum absolute atomic E-state index is 0.0293. The molecule has 4 N–H and O–H groups in total. The molecule has 2 rings (SSSR count). The summed E-state index contributed by atoms with van der Waals surface area (Å²) >= 11 is 0. The molecular weight excluding hydrogens is 233 g/mol. The first-order chi connectivity index (χ1) is 8.67. The fraction of sp³-hybridized carbons (Fsp3) is 0.308. The van der Waals surface area contributed by atoms with Gasteiger partial charge in [-0.05, 0) is 24.6 Å². The van der Waals surface area contributed by atoms with Crippen molar-refractivity contribution in [3.8, 4) is 0 Å². The predicted octanol–water partition coefficient (Wildman–Crippen LogP) is 2.14. The number of halogens is 1. The van der Waals surface area contributed by atoms with Gasteiger partial charge in [-0.3, -0.25) is 0 Å². The molecule has 0 amide bonds. The van der Waals surface area contributed by atoms with E-state index in [1.54, 1.807) is 12.3 Å². The average Bonchev–Trinajstić information content (AvgIpc) is 2.40. The summed E-state index contributed by atoms with van der Waals surface area (Å²) in [6.07, 6.45) is 2.29. The van der Waals surface area contributed by atoms with Gasteiger partial charge in [0.15, 0.2) is 0 Å². The smallest absolute Gasteiger partial charge is 0.137 e. The first kappa shape index (κ1) is 12.6. The highest BCUT2D eigenvalue weighted by atomic mass is 19.1. The van der Waals surface area contributed by atoms with Crippen molar-refractivity contribution in [2.75, 3.05) is 17.7 Å². The molecule has 2 aromatic rings. The van der Waals surface area contributed by atoms with Crippen molar-refractivity contribution < 1.29 is 9.50 Å². The maximum absolute atomic E-state index is 13.9. The minimum Gasteiger partial charge on any atom is -0.398 e. The molecule has 0 radical (unpaired) electrons. The van der Waals surface area contributed by atoms with E-state index in [1.807, 2.05) is 6.92 Å². The van der Waals surface area contributed by atoms with E-state index in [1.165, 1.54) is 12.1 Å². The molecular formula is C13H16FN3O. The number of pyridine rings is 1. The van der Waals surface area contributed by atoms with Crippen LogP contribution in [0.4, 0.5) is 15.9 Å². The van der Waals surface area contributed by atoms with Crippen molar-refractivity contribution in [3.05, 3.63) is 30.2 Å². The molecule has 4 nitrogen and oxygen atoms in total. The van der Waals surface area contributed by atoms with Crippen molar-refractivity contribution in [1.82, 2.24) is 4.98 Å². The number of hydrogen-bond donors (Lipinski definition) is 3. The minimum atomic E-state index is -0.373. The molecule has 0 aliphatic heterocycles. The van der Waals surface area contributed by atoms with Crippen LogP contribution in [0.2, 0.25) is 0 Å². The van der Waals surface area contributed by atoms with E-state index in [0.717, 1.165) is 6.42 Å². The molecule has 0 aliphatic carbocycles. The Labute approximate surface area is 105 Å². The Morgan fingerprint density at radius 2 is 2.22 bits per heavy atom. The number of nitrogens with zero attached hydrogens (tertiary/aromatic N) is 1. The summed E-state index contributed by atoms with van der Waals surface area (Å²) in [5.74, 6) is 0.0424. The maximum Gasteiger partial charge on any atom is 0.137 e. The lowest BCUT2D eigenvalue weighted by atomic mass is 10.1. The van der Waals surface area contributed by atoms with E-state index in [9.17, 15) is 9.50 Å². The lowest BCUT2D eigenvalue weighted by Gasteiger charge is -2.16. The number of benzene rings is 1. The lowest BCUT2D eigenvalue weighted by molar-refractivity contribution is 0.271. The summed E-state index contributed by atoms with van der Waals surface area (Å²) in [5.41, 5.74) is 6.33. The van der Waals surface area contributed by atoms with Gasteiger partial charge in [0.2, 0.25) is 0 Å². The highest BCUT2D eigenvalue weighted by molar-refractivity contribution is 5.99. The van der Waals surface area contributed by atoms with Gasteiger partial charge < -0.3 is 16.2 Å². The zero-order valence-corrected chi connectivity index (χ0v) is 10.2. The molecule has 96 valence electrons. The van der Waals surface area contributed by atoms with Crippen LogP contribution in [-0.4, -0.2) is 22.7 Å². The summed E-state index contributed by atoms with van der Waals surface area (Å²) < 4.78 is 13.9. The highest BCUT2D eigenvalue weighted by Gasteiger charge is 2.12. The molecule has 18 heavy (non-hydrogen) atoms. The zero-order chi connectivity index (χ0) is 13.1. The Hall–Kier alpha value is -1.88. The molecule has 0 saturated heterocycles. The number of aromatic nitrogens is 1. The molecule has 5 heteroatoms. The average molecular weight is 249 g/mol. The fourth-order valence-corrected chi connectivity index (χ4v) is 1.86. The number of aliphatic hydroxyl groups excluding tert-OH is 1. The second kappa shape index (κ2) is 5.18. The van der Waals surface area contributed by atoms with Crippen LogP contribution in [0.1, 0.15) is 13.3 Å². The zero-order valence-electron chi connectivity index (χ0n) is 10.2. The van der Waals surface area contributed by atoms with Crippen LogP contribution in [0.15, 0.2) is 24.4 Å². The number of aliphatic hydroxyl groups is 1. The van der Waals surface area contributed by atoms with Crippen LogP contribution in [0.25, 0.3) is 10.8 Å². The summed E-state index contributed by atoms with van der Waals surface area (Å²) in [7, 11) is 0. The summed E-state index contributed by atoms with van der Waals surface area (Å²) in [6.45, 7) is 1.90. The Kier molecular flexibility index (Phi) is 3.62. The number of anilines is 2. The maximum atomic E-state index is 13.9. The lowest BCUT2D eigenvalue weighted by Crippen LogP contribution is -2.23. The topological polar surface area (TPSA) is 71.2 Å². The van der Waals surface area contributed by atoms with Gasteiger partial charge >= 0.3 is 0 Å². The van der Waals surface area contributed by atoms with E-state index >= 15 is 0 Å². The quantitative estimate of drug-likeness (QED) is 0.726. The van der Waals surface area contributed by atoms with Gasteiger partial charge in [0.25, 0.3) is 0 Å². The first-order valence-electron chi connectivity index (χ1n) is 5.87. The van der Waals surface area contributed by atoms with E-state index < -0.39 is 0 Å². The molecule has 0 aliphatic rings. The van der Waals surface area contributed by atoms with E-state index in [2.05, 4.69) is 10.3 Å². The van der Waals surface area contributed by atoms with Crippen LogP contribution in [0.5, 0.6) is 0 Å². The monoisotopic (exact) mass is 249 g/mol. The molecule has 1 atom stereocenters. The number of nitrogens with one attached hydrogen (secondary N) is 1. The third-order valence-corrected chi connectivity index (χ3v) is 2.96. The van der Waals surface area contributed by atoms with Crippen molar-refractivity contribution >= 4 is 22.3 Å². The number of fused-ring (bicyclic) bond motifs is 1. The van der Waals surface area contributed by atoms with Gasteiger partial charge in [-0.1, -0.05) is 6.92 Å². The van der Waals surface area contributed by atoms with E-state index in [-0.39, 0.29) is 18.5 Å². The number of rotatable bonds is 4. The second-order valence-corrected chi connectivity index (χ2v) is 4.15. The first-order valence-corrected chi connectivity index (χ1v) is 5.87. The summed E-state index contributed by atoms with van der Waals surface area (Å²) in [6, 6.07) is 4.39. The number of nitrogen functional groups attached to an aromatic ring is 1. The van der Waals surface area contributed by atoms with E-state index in [0.29, 0.717) is 22.3 Å². The second-order valence-electron chi connectivity index (χ2n) is 4.15. The number of nitrogens with two attached hydrogens (primary N) is 1. The molecule has 0 fully saturated rings. The van der Waals surface area contributed by atoms with Gasteiger partial charge in [-0.25, -0.2) is 9.37 Å². The normalized spacial score (nSPS) is 12.6. The highest BCUT2D eigenvalue weighted by Crippen LogP contribution is 2.28. The van der Waals surface area contributed by atoms with Crippen LogP contribution in [0.3, 0.4) is 0 Å². The largest absolute Gasteiger partial charge is 0.398 e. The SMILES string of the molecule is CCC(CO)Nc1nccc2c(N)ccc(F)c12. The van der Waals surface area contributed by atoms with Gasteiger partial charge in [0.1, 0.15) is 11.6 Å². The van der Waals surface area contributed by atoms with Crippen molar-refractivity contribution in [2.45, 2.75) is 19.4 Å². The van der Waals surface area contributed by atoms with Crippen LogP contribution in [0, 0.1) is 5.82 Å². The van der Waals surface area contributed by atoms with Gasteiger partial charge in [0.05, 0.1) is 18.0 Å². The van der Waals surface area contributed by atoms with E-state index in [4.69, 9.17) is 5.73 Å². The molecule has 0 bridgehead atoms. The molecule has 1 unspecified atom stereocenters. The fourth-order valence-electron chi connectivity index (χ4n) is 1.86. The predicted molar refractivity (Wildman–Crippen MR) is 70.9 cm³/mol. The Morgan fingerprint density at radius 1 is 1.44 bits per heavy atom. The van der Waals surface area contributed by atoms with Crippen molar-refractivity contribution in [2.24, 2.45) is 0 Å². The molecule has 0 saturated carbocycles. The van der Waals surface area contributed by atoms with Crippen molar-refractivity contribution in [3.63, 3.8) is 0 Å². The molecule has 1 heterocycles. The van der Waals surface area contributed by atoms with Crippen LogP contribution >= 0.6 is 0 Å². The Bertz CT molecular complexity index is 555. The van der Waals surface area contributed by atoms with Crippen LogP contribution in [-0.2, 0) is 0 Å². The standard InChI is InChI=1S/C13H16FN3O/c1-2-8(7-18)17-13-12-9(5-6-16-13)11(15)4-3-10(12)14/h3-6,8,18H,2,7,15H2,1H3,(H,16,17). The third kappa shape index (κ3) is 2.22. The summed E-state index contributed by atoms with van der Waals surface area (Å²) in [5, 5.41) is 13.2. The van der Waals surface area contributed by atoms with Gasteiger partial charge in [-0.15, -0.1) is 0 Å². The Morgan fingerprint density at radius 3 is 2.89 bits per heavy atom. The molecule has 0 spiro atoms.